The molecule has 1 aromatic carbocycles. The lowest BCUT2D eigenvalue weighted by Crippen LogP contribution is -1.84. The second-order valence-electron chi connectivity index (χ2n) is 4.69. The molecule has 0 fully saturated rings. The minimum atomic E-state index is 0.863. The third kappa shape index (κ3) is 1.53. The first-order chi connectivity index (χ1) is 9.31. The fourth-order valence-corrected chi connectivity index (χ4v) is 2.37. The normalized spacial score (nSPS) is 11.4. The number of H-pyrrole nitrogens is 1. The number of aromatic nitrogens is 4. The molecule has 1 N–H and O–H groups in total. The Morgan fingerprint density at radius 2 is 2.11 bits per heavy atom. The summed E-state index contributed by atoms with van der Waals surface area (Å²) >= 11 is 0. The Bertz CT molecular complexity index is 885. The van der Waals surface area contributed by atoms with Gasteiger partial charge in [-0.2, -0.15) is 5.10 Å². The number of nitrogens with zero attached hydrogens (tertiary/aromatic N) is 3. The molecule has 4 nitrogen and oxygen atoms in total. The van der Waals surface area contributed by atoms with Gasteiger partial charge in [0.15, 0.2) is 0 Å². The first kappa shape index (κ1) is 10.3. The number of rotatable bonds is 1. The van der Waals surface area contributed by atoms with Crippen molar-refractivity contribution in [1.29, 1.82) is 0 Å². The number of aromatic amines is 1. The summed E-state index contributed by atoms with van der Waals surface area (Å²) in [6.07, 6.45) is 3.78. The topological polar surface area (TPSA) is 46.0 Å². The molecule has 0 saturated carbocycles. The lowest BCUT2D eigenvalue weighted by atomic mass is 10.2. The van der Waals surface area contributed by atoms with Gasteiger partial charge in [-0.1, -0.05) is 12.1 Å². The summed E-state index contributed by atoms with van der Waals surface area (Å²) < 4.78 is 1.85. The fraction of sp³-hybridized carbons (Fsp3) is 0.0667. The molecule has 4 aromatic rings. The molecule has 92 valence electrons. The third-order valence-electron chi connectivity index (χ3n) is 3.32. The van der Waals surface area contributed by atoms with Crippen molar-refractivity contribution in [3.8, 4) is 11.4 Å². The second kappa shape index (κ2) is 3.68. The van der Waals surface area contributed by atoms with E-state index in [4.69, 9.17) is 0 Å². The number of nitrogens with one attached hydrogen (secondary N) is 1. The van der Waals surface area contributed by atoms with Crippen LogP contribution >= 0.6 is 0 Å². The molecule has 4 rings (SSSR count). The van der Waals surface area contributed by atoms with Gasteiger partial charge in [-0.05, 0) is 36.8 Å². The molecule has 0 aliphatic carbocycles. The molecule has 0 aliphatic rings. The minimum absolute atomic E-state index is 0.863. The Hall–Kier alpha value is -2.62. The van der Waals surface area contributed by atoms with E-state index in [0.29, 0.717) is 0 Å². The van der Waals surface area contributed by atoms with E-state index in [1.807, 2.05) is 41.2 Å². The van der Waals surface area contributed by atoms with Gasteiger partial charge in [0.2, 0.25) is 0 Å². The van der Waals surface area contributed by atoms with Crippen LogP contribution in [0.25, 0.3) is 27.9 Å². The molecular weight excluding hydrogens is 236 g/mol. The van der Waals surface area contributed by atoms with Crippen molar-refractivity contribution in [2.75, 3.05) is 0 Å². The Labute approximate surface area is 109 Å². The van der Waals surface area contributed by atoms with Crippen LogP contribution < -0.4 is 0 Å². The minimum Gasteiger partial charge on any atom is -0.338 e. The molecule has 3 aromatic heterocycles. The average molecular weight is 248 g/mol. The highest BCUT2D eigenvalue weighted by Gasteiger charge is 2.10. The number of aryl methyl sites for hydroxylation is 1. The van der Waals surface area contributed by atoms with Crippen molar-refractivity contribution in [3.05, 3.63) is 54.4 Å². The smallest absolute Gasteiger partial charge is 0.142 e. The molecule has 0 saturated heterocycles. The molecule has 0 radical (unpaired) electrons. The second-order valence-corrected chi connectivity index (χ2v) is 4.69. The van der Waals surface area contributed by atoms with Crippen LogP contribution in [0.2, 0.25) is 0 Å². The number of fused-ring (bicyclic) bond motifs is 2. The maximum atomic E-state index is 4.64. The third-order valence-corrected chi connectivity index (χ3v) is 3.32. The van der Waals surface area contributed by atoms with Crippen LogP contribution in [0.15, 0.2) is 48.8 Å². The van der Waals surface area contributed by atoms with E-state index in [0.717, 1.165) is 27.9 Å². The van der Waals surface area contributed by atoms with Gasteiger partial charge < -0.3 is 4.98 Å². The molecular formula is C15H12N4. The number of hydrogen-bond donors (Lipinski definition) is 1. The van der Waals surface area contributed by atoms with Gasteiger partial charge in [0, 0.05) is 6.20 Å². The van der Waals surface area contributed by atoms with Crippen LogP contribution in [0.5, 0.6) is 0 Å². The molecule has 0 bridgehead atoms. The SMILES string of the molecule is Cc1ccc2nc(-c3cnn4ccccc34)[nH]c2c1. The number of imidazole rings is 1. The summed E-state index contributed by atoms with van der Waals surface area (Å²) in [5.74, 6) is 0.863. The first-order valence-corrected chi connectivity index (χ1v) is 6.20. The van der Waals surface area contributed by atoms with Gasteiger partial charge >= 0.3 is 0 Å². The molecule has 0 aliphatic heterocycles. The lowest BCUT2D eigenvalue weighted by Gasteiger charge is -1.93. The molecule has 0 spiro atoms. The van der Waals surface area contributed by atoms with Crippen molar-refractivity contribution in [2.45, 2.75) is 6.92 Å². The van der Waals surface area contributed by atoms with Crippen LogP contribution in [0.1, 0.15) is 5.56 Å². The first-order valence-electron chi connectivity index (χ1n) is 6.20. The van der Waals surface area contributed by atoms with Gasteiger partial charge in [0.25, 0.3) is 0 Å². The summed E-state index contributed by atoms with van der Waals surface area (Å²) in [6.45, 7) is 2.08. The zero-order valence-corrected chi connectivity index (χ0v) is 10.5. The largest absolute Gasteiger partial charge is 0.338 e. The predicted octanol–water partition coefficient (Wildman–Crippen LogP) is 3.19. The zero-order chi connectivity index (χ0) is 12.8. The van der Waals surface area contributed by atoms with E-state index in [2.05, 4.69) is 34.1 Å². The zero-order valence-electron chi connectivity index (χ0n) is 10.5. The maximum Gasteiger partial charge on any atom is 0.142 e. The summed E-state index contributed by atoms with van der Waals surface area (Å²) in [7, 11) is 0. The van der Waals surface area contributed by atoms with Crippen LogP contribution in [-0.2, 0) is 0 Å². The highest BCUT2D eigenvalue weighted by atomic mass is 15.2. The standard InChI is InChI=1S/C15H12N4/c1-10-5-6-12-13(8-10)18-15(17-12)11-9-16-19-7-3-2-4-14(11)19/h2-9H,1H3,(H,17,18). The predicted molar refractivity (Wildman–Crippen MR) is 75.0 cm³/mol. The van der Waals surface area contributed by atoms with Gasteiger partial charge in [0.1, 0.15) is 5.82 Å². The number of benzene rings is 1. The highest BCUT2D eigenvalue weighted by Crippen LogP contribution is 2.24. The fourth-order valence-electron chi connectivity index (χ4n) is 2.37. The van der Waals surface area contributed by atoms with Gasteiger partial charge in [-0.25, -0.2) is 9.50 Å². The molecule has 3 heterocycles. The number of pyridine rings is 1. The van der Waals surface area contributed by atoms with Crippen molar-refractivity contribution in [3.63, 3.8) is 0 Å². The van der Waals surface area contributed by atoms with E-state index < -0.39 is 0 Å². The van der Waals surface area contributed by atoms with Crippen molar-refractivity contribution < 1.29 is 0 Å². The Morgan fingerprint density at radius 1 is 1.16 bits per heavy atom. The Morgan fingerprint density at radius 3 is 3.05 bits per heavy atom. The van der Waals surface area contributed by atoms with Gasteiger partial charge in [-0.15, -0.1) is 0 Å². The average Bonchev–Trinajstić information content (AvgIpc) is 3.00. The van der Waals surface area contributed by atoms with Crippen molar-refractivity contribution >= 4 is 16.6 Å². The molecule has 0 atom stereocenters. The summed E-state index contributed by atoms with van der Waals surface area (Å²) in [5, 5.41) is 4.34. The summed E-state index contributed by atoms with van der Waals surface area (Å²) in [6, 6.07) is 12.2. The highest BCUT2D eigenvalue weighted by molar-refractivity contribution is 5.84. The van der Waals surface area contributed by atoms with E-state index in [1.54, 1.807) is 0 Å². The molecule has 0 amide bonds. The summed E-state index contributed by atoms with van der Waals surface area (Å²) in [5.41, 5.74) is 5.34. The molecule has 19 heavy (non-hydrogen) atoms. The summed E-state index contributed by atoms with van der Waals surface area (Å²) in [4.78, 5) is 8.00. The molecule has 0 unspecified atom stereocenters. The van der Waals surface area contributed by atoms with Crippen molar-refractivity contribution in [1.82, 2.24) is 19.6 Å². The van der Waals surface area contributed by atoms with E-state index in [-0.39, 0.29) is 0 Å². The maximum absolute atomic E-state index is 4.64. The van der Waals surface area contributed by atoms with Gasteiger partial charge in [-0.3, -0.25) is 0 Å². The Balaban J connectivity index is 1.99. The van der Waals surface area contributed by atoms with Crippen LogP contribution in [0.3, 0.4) is 0 Å². The quantitative estimate of drug-likeness (QED) is 0.562. The Kier molecular flexibility index (Phi) is 2.00. The van der Waals surface area contributed by atoms with Crippen molar-refractivity contribution in [2.24, 2.45) is 0 Å². The van der Waals surface area contributed by atoms with Gasteiger partial charge in [0.05, 0.1) is 28.3 Å². The van der Waals surface area contributed by atoms with Crippen LogP contribution in [-0.4, -0.2) is 19.6 Å². The van der Waals surface area contributed by atoms with Crippen LogP contribution in [0, 0.1) is 6.92 Å². The van der Waals surface area contributed by atoms with E-state index >= 15 is 0 Å². The monoisotopic (exact) mass is 248 g/mol. The number of hydrogen-bond acceptors (Lipinski definition) is 2. The molecule has 4 heteroatoms. The lowest BCUT2D eigenvalue weighted by molar-refractivity contribution is 0.961. The van der Waals surface area contributed by atoms with E-state index in [9.17, 15) is 0 Å². The van der Waals surface area contributed by atoms with E-state index in [1.165, 1.54) is 5.56 Å². The van der Waals surface area contributed by atoms with Crippen LogP contribution in [0.4, 0.5) is 0 Å².